The molecule has 1 saturated carbocycles. The molecule has 0 radical (unpaired) electrons. The zero-order valence-electron chi connectivity index (χ0n) is 10.7. The van der Waals surface area contributed by atoms with E-state index in [-0.39, 0.29) is 5.60 Å². The van der Waals surface area contributed by atoms with Crippen molar-refractivity contribution in [1.82, 2.24) is 0 Å². The van der Waals surface area contributed by atoms with Gasteiger partial charge in [-0.15, -0.1) is 0 Å². The third-order valence-corrected chi connectivity index (χ3v) is 3.98. The van der Waals surface area contributed by atoms with Gasteiger partial charge in [-0.2, -0.15) is 0 Å². The number of benzene rings is 1. The zero-order chi connectivity index (χ0) is 12.0. The molecular formula is C16H24O. The number of aliphatic hydroxyl groups is 1. The molecule has 0 amide bonds. The third kappa shape index (κ3) is 4.16. The summed E-state index contributed by atoms with van der Waals surface area (Å²) in [6.45, 7) is 0. The molecule has 0 aliphatic heterocycles. The van der Waals surface area contributed by atoms with E-state index in [9.17, 15) is 5.11 Å². The normalized spacial score (nSPS) is 19.8. The maximum Gasteiger partial charge on any atom is 0.0648 e. The molecule has 1 aromatic rings. The summed E-state index contributed by atoms with van der Waals surface area (Å²) in [7, 11) is 0. The van der Waals surface area contributed by atoms with Crippen molar-refractivity contribution in [3.05, 3.63) is 35.9 Å². The smallest absolute Gasteiger partial charge is 0.0648 e. The van der Waals surface area contributed by atoms with Crippen molar-refractivity contribution in [3.63, 3.8) is 0 Å². The fourth-order valence-electron chi connectivity index (χ4n) is 2.90. The van der Waals surface area contributed by atoms with Crippen LogP contribution in [0.15, 0.2) is 30.3 Å². The average molecular weight is 232 g/mol. The Labute approximate surface area is 105 Å². The van der Waals surface area contributed by atoms with Crippen LogP contribution in [0.4, 0.5) is 0 Å². The van der Waals surface area contributed by atoms with Crippen molar-refractivity contribution in [2.75, 3.05) is 0 Å². The second-order valence-electron chi connectivity index (χ2n) is 5.48. The lowest BCUT2D eigenvalue weighted by atomic mass is 9.88. The summed E-state index contributed by atoms with van der Waals surface area (Å²) in [4.78, 5) is 0. The maximum atomic E-state index is 10.5. The zero-order valence-corrected chi connectivity index (χ0v) is 10.7. The Morgan fingerprint density at radius 3 is 2.24 bits per heavy atom. The molecule has 1 aliphatic carbocycles. The van der Waals surface area contributed by atoms with Gasteiger partial charge in [0.05, 0.1) is 5.60 Å². The Morgan fingerprint density at radius 1 is 0.941 bits per heavy atom. The van der Waals surface area contributed by atoms with E-state index < -0.39 is 0 Å². The molecule has 0 heterocycles. The largest absolute Gasteiger partial charge is 0.390 e. The Balaban J connectivity index is 1.77. The van der Waals surface area contributed by atoms with Gasteiger partial charge in [-0.05, 0) is 37.7 Å². The fraction of sp³-hybridized carbons (Fsp3) is 0.625. The molecule has 1 N–H and O–H groups in total. The van der Waals surface area contributed by atoms with Crippen LogP contribution in [0.2, 0.25) is 0 Å². The Kier molecular flexibility index (Phi) is 4.61. The van der Waals surface area contributed by atoms with Crippen molar-refractivity contribution in [1.29, 1.82) is 0 Å². The molecule has 1 heteroatoms. The van der Waals surface area contributed by atoms with Gasteiger partial charge in [0.1, 0.15) is 0 Å². The third-order valence-electron chi connectivity index (χ3n) is 3.98. The van der Waals surface area contributed by atoms with E-state index in [2.05, 4.69) is 30.3 Å². The molecule has 1 aromatic carbocycles. The summed E-state index contributed by atoms with van der Waals surface area (Å²) in [6, 6.07) is 10.6. The molecule has 0 spiro atoms. The van der Waals surface area contributed by atoms with E-state index in [1.165, 1.54) is 31.2 Å². The number of hydrogen-bond acceptors (Lipinski definition) is 1. The molecule has 94 valence electrons. The van der Waals surface area contributed by atoms with Crippen molar-refractivity contribution >= 4 is 0 Å². The van der Waals surface area contributed by atoms with Gasteiger partial charge < -0.3 is 5.11 Å². The molecule has 1 nitrogen and oxygen atoms in total. The summed E-state index contributed by atoms with van der Waals surface area (Å²) in [5.74, 6) is 0. The molecule has 0 unspecified atom stereocenters. The van der Waals surface area contributed by atoms with Crippen molar-refractivity contribution in [2.45, 2.75) is 63.4 Å². The van der Waals surface area contributed by atoms with Crippen molar-refractivity contribution in [3.8, 4) is 0 Å². The first-order valence-corrected chi connectivity index (χ1v) is 7.05. The van der Waals surface area contributed by atoms with Gasteiger partial charge >= 0.3 is 0 Å². The molecule has 0 atom stereocenters. The van der Waals surface area contributed by atoms with Gasteiger partial charge in [0, 0.05) is 0 Å². The quantitative estimate of drug-likeness (QED) is 0.775. The molecule has 0 saturated heterocycles. The van der Waals surface area contributed by atoms with E-state index >= 15 is 0 Å². The number of rotatable bonds is 4. The van der Waals surface area contributed by atoms with Crippen LogP contribution in [-0.2, 0) is 6.42 Å². The van der Waals surface area contributed by atoms with Crippen molar-refractivity contribution in [2.24, 2.45) is 0 Å². The highest BCUT2D eigenvalue weighted by Crippen LogP contribution is 2.31. The van der Waals surface area contributed by atoms with Gasteiger partial charge in [0.15, 0.2) is 0 Å². The highest BCUT2D eigenvalue weighted by Gasteiger charge is 2.26. The van der Waals surface area contributed by atoms with Gasteiger partial charge in [-0.3, -0.25) is 0 Å². The molecule has 0 aromatic heterocycles. The minimum atomic E-state index is -0.356. The highest BCUT2D eigenvalue weighted by atomic mass is 16.3. The summed E-state index contributed by atoms with van der Waals surface area (Å²) >= 11 is 0. The van der Waals surface area contributed by atoms with Crippen LogP contribution in [0.3, 0.4) is 0 Å². The fourth-order valence-corrected chi connectivity index (χ4v) is 2.90. The second-order valence-corrected chi connectivity index (χ2v) is 5.48. The predicted molar refractivity (Wildman–Crippen MR) is 72.0 cm³/mol. The first kappa shape index (κ1) is 12.6. The molecule has 1 aliphatic rings. The molecule has 2 rings (SSSR count). The lowest BCUT2D eigenvalue weighted by Gasteiger charge is -2.26. The molecular weight excluding hydrogens is 208 g/mol. The first-order valence-electron chi connectivity index (χ1n) is 7.05. The summed E-state index contributed by atoms with van der Waals surface area (Å²) in [5.41, 5.74) is 1.04. The molecule has 1 fully saturated rings. The number of hydrogen-bond donors (Lipinski definition) is 1. The van der Waals surface area contributed by atoms with Crippen molar-refractivity contribution < 1.29 is 5.11 Å². The van der Waals surface area contributed by atoms with Crippen LogP contribution in [0, 0.1) is 0 Å². The lowest BCUT2D eigenvalue weighted by molar-refractivity contribution is 0.0147. The SMILES string of the molecule is OC1(CCCc2ccccc2)CCCCCC1. The van der Waals surface area contributed by atoms with E-state index in [4.69, 9.17) is 0 Å². The van der Waals surface area contributed by atoms with Gasteiger partial charge in [-0.1, -0.05) is 56.0 Å². The number of aryl methyl sites for hydroxylation is 1. The maximum absolute atomic E-state index is 10.5. The first-order chi connectivity index (χ1) is 8.29. The van der Waals surface area contributed by atoms with Gasteiger partial charge in [-0.25, -0.2) is 0 Å². The Hall–Kier alpha value is -0.820. The Bertz CT molecular complexity index is 310. The summed E-state index contributed by atoms with van der Waals surface area (Å²) < 4.78 is 0. The molecule has 0 bridgehead atoms. The minimum Gasteiger partial charge on any atom is -0.390 e. The van der Waals surface area contributed by atoms with E-state index in [1.54, 1.807) is 0 Å². The monoisotopic (exact) mass is 232 g/mol. The topological polar surface area (TPSA) is 20.2 Å². The minimum absolute atomic E-state index is 0.356. The van der Waals surface area contributed by atoms with Crippen LogP contribution < -0.4 is 0 Å². The van der Waals surface area contributed by atoms with E-state index in [1.807, 2.05) is 0 Å². The second kappa shape index (κ2) is 6.20. The van der Waals surface area contributed by atoms with E-state index in [0.29, 0.717) is 0 Å². The standard InChI is InChI=1S/C16H24O/c17-16(12-6-1-2-7-13-16)14-8-11-15-9-4-3-5-10-15/h3-5,9-10,17H,1-2,6-8,11-14H2. The molecule has 17 heavy (non-hydrogen) atoms. The van der Waals surface area contributed by atoms with Crippen LogP contribution in [-0.4, -0.2) is 10.7 Å². The summed E-state index contributed by atoms with van der Waals surface area (Å²) in [5, 5.41) is 10.5. The summed E-state index contributed by atoms with van der Waals surface area (Å²) in [6.07, 6.45) is 10.3. The van der Waals surface area contributed by atoms with Crippen LogP contribution in [0.5, 0.6) is 0 Å². The lowest BCUT2D eigenvalue weighted by Crippen LogP contribution is -2.27. The van der Waals surface area contributed by atoms with Gasteiger partial charge in [0.25, 0.3) is 0 Å². The average Bonchev–Trinajstić information content (AvgIpc) is 2.56. The van der Waals surface area contributed by atoms with Crippen LogP contribution in [0.25, 0.3) is 0 Å². The Morgan fingerprint density at radius 2 is 1.59 bits per heavy atom. The highest BCUT2D eigenvalue weighted by molar-refractivity contribution is 5.14. The van der Waals surface area contributed by atoms with Crippen LogP contribution >= 0.6 is 0 Å². The van der Waals surface area contributed by atoms with Crippen LogP contribution in [0.1, 0.15) is 56.9 Å². The van der Waals surface area contributed by atoms with Gasteiger partial charge in [0.2, 0.25) is 0 Å². The predicted octanol–water partition coefficient (Wildman–Crippen LogP) is 4.09. The van der Waals surface area contributed by atoms with E-state index in [0.717, 1.165) is 32.1 Å².